The summed E-state index contributed by atoms with van der Waals surface area (Å²) in [5, 5.41) is 14.9. The van der Waals surface area contributed by atoms with Crippen molar-refractivity contribution >= 4 is 11.6 Å². The zero-order chi connectivity index (χ0) is 25.5. The molecule has 3 aromatic carbocycles. The number of nitrogens with zero attached hydrogens (tertiary/aromatic N) is 5. The van der Waals surface area contributed by atoms with Crippen molar-refractivity contribution in [2.24, 2.45) is 0 Å². The van der Waals surface area contributed by atoms with Gasteiger partial charge in [-0.05, 0) is 39.1 Å². The number of H-pyrrole nitrogens is 1. The van der Waals surface area contributed by atoms with Crippen LogP contribution in [0.2, 0.25) is 5.15 Å². The molecule has 0 unspecified atom stereocenters. The number of imidazole rings is 1. The Bertz CT molecular complexity index is 1420. The second kappa shape index (κ2) is 12.0. The van der Waals surface area contributed by atoms with Crippen molar-refractivity contribution in [1.82, 2.24) is 30.2 Å². The van der Waals surface area contributed by atoms with Gasteiger partial charge < -0.3 is 9.30 Å². The summed E-state index contributed by atoms with van der Waals surface area (Å²) in [6.45, 7) is 3.80. The zero-order valence-corrected chi connectivity index (χ0v) is 21.5. The molecule has 0 fully saturated rings. The molecule has 188 valence electrons. The predicted octanol–water partition coefficient (Wildman–Crippen LogP) is 6.49. The van der Waals surface area contributed by atoms with Crippen LogP contribution < -0.4 is 0 Å². The largest absolute Gasteiger partial charge is 0.370 e. The minimum absolute atomic E-state index is 0.406. The van der Waals surface area contributed by atoms with E-state index in [1.807, 2.05) is 36.4 Å². The Morgan fingerprint density at radius 1 is 0.865 bits per heavy atom. The Labute approximate surface area is 221 Å². The smallest absolute Gasteiger partial charge is 0.180 e. The standard InChI is InChI=1S/C29H29ClN6O/c1-2-3-13-27-31-28(30)26(20-37-19-22-9-5-4-6-10-22)36(27)18-21-14-16-23(17-15-21)24-11-7-8-12-25(24)29-32-34-35-33-29/h4-12,14-17H,2-3,13,18-20H2,1H3,(H,32,33,34,35). The fraction of sp³-hybridized carbons (Fsp3) is 0.241. The molecule has 5 aromatic rings. The lowest BCUT2D eigenvalue weighted by atomic mass is 9.98. The molecule has 7 nitrogen and oxygen atoms in total. The van der Waals surface area contributed by atoms with Gasteiger partial charge in [0.25, 0.3) is 0 Å². The lowest BCUT2D eigenvalue weighted by Gasteiger charge is -2.14. The summed E-state index contributed by atoms with van der Waals surface area (Å²) in [5.74, 6) is 1.64. The fourth-order valence-corrected chi connectivity index (χ4v) is 4.64. The molecule has 0 bridgehead atoms. The molecule has 37 heavy (non-hydrogen) atoms. The van der Waals surface area contributed by atoms with Gasteiger partial charge in [0.2, 0.25) is 0 Å². The van der Waals surface area contributed by atoms with E-state index < -0.39 is 0 Å². The molecule has 2 aromatic heterocycles. The Kier molecular flexibility index (Phi) is 8.03. The van der Waals surface area contributed by atoms with E-state index in [2.05, 4.69) is 74.6 Å². The first-order valence-corrected chi connectivity index (χ1v) is 12.9. The van der Waals surface area contributed by atoms with Crippen molar-refractivity contribution in [3.8, 4) is 22.5 Å². The molecule has 8 heteroatoms. The van der Waals surface area contributed by atoms with Gasteiger partial charge >= 0.3 is 0 Å². The molecule has 0 aliphatic heterocycles. The fourth-order valence-electron chi connectivity index (χ4n) is 4.38. The molecule has 1 N–H and O–H groups in total. The van der Waals surface area contributed by atoms with Gasteiger partial charge in [0, 0.05) is 18.5 Å². The maximum atomic E-state index is 6.62. The number of aromatic nitrogens is 6. The van der Waals surface area contributed by atoms with Crippen LogP contribution in [-0.2, 0) is 30.9 Å². The number of aryl methyl sites for hydroxylation is 1. The number of nitrogens with one attached hydrogen (secondary N) is 1. The number of tetrazole rings is 1. The molecular formula is C29H29ClN6O. The number of rotatable bonds is 11. The van der Waals surface area contributed by atoms with Crippen LogP contribution in [0.15, 0.2) is 78.9 Å². The first kappa shape index (κ1) is 24.9. The Morgan fingerprint density at radius 3 is 2.35 bits per heavy atom. The van der Waals surface area contributed by atoms with E-state index in [9.17, 15) is 0 Å². The molecule has 5 rings (SSSR count). The minimum Gasteiger partial charge on any atom is -0.370 e. The maximum absolute atomic E-state index is 6.62. The minimum atomic E-state index is 0.406. The SMILES string of the molecule is CCCCc1nc(Cl)c(COCc2ccccc2)n1Cc1ccc(-c2ccccc2-c2nnn[nH]2)cc1. The quantitative estimate of drug-likeness (QED) is 0.219. The van der Waals surface area contributed by atoms with Crippen LogP contribution in [0.25, 0.3) is 22.5 Å². The van der Waals surface area contributed by atoms with E-state index in [4.69, 9.17) is 21.3 Å². The molecule has 0 saturated heterocycles. The van der Waals surface area contributed by atoms with E-state index in [1.54, 1.807) is 0 Å². The molecule has 0 aliphatic carbocycles. The molecule has 2 heterocycles. The highest BCUT2D eigenvalue weighted by Crippen LogP contribution is 2.30. The molecule has 0 atom stereocenters. The van der Waals surface area contributed by atoms with E-state index in [-0.39, 0.29) is 0 Å². The molecule has 0 radical (unpaired) electrons. The van der Waals surface area contributed by atoms with Gasteiger partial charge in [-0.2, -0.15) is 0 Å². The van der Waals surface area contributed by atoms with E-state index in [1.165, 1.54) is 5.56 Å². The maximum Gasteiger partial charge on any atom is 0.180 e. The van der Waals surface area contributed by atoms with E-state index in [0.717, 1.165) is 53.0 Å². The normalized spacial score (nSPS) is 11.2. The third-order valence-electron chi connectivity index (χ3n) is 6.34. The van der Waals surface area contributed by atoms with Gasteiger partial charge in [0.15, 0.2) is 11.0 Å². The number of hydrogen-bond donors (Lipinski definition) is 1. The number of aromatic amines is 1. The molecule has 0 spiro atoms. The van der Waals surface area contributed by atoms with Gasteiger partial charge in [-0.15, -0.1) is 5.10 Å². The van der Waals surface area contributed by atoms with Crippen molar-refractivity contribution in [3.63, 3.8) is 0 Å². The molecule has 0 aliphatic rings. The molecular weight excluding hydrogens is 484 g/mol. The lowest BCUT2D eigenvalue weighted by Crippen LogP contribution is -2.10. The number of hydrogen-bond acceptors (Lipinski definition) is 5. The first-order chi connectivity index (χ1) is 18.2. The van der Waals surface area contributed by atoms with Crippen LogP contribution in [0.5, 0.6) is 0 Å². The third-order valence-corrected chi connectivity index (χ3v) is 6.64. The van der Waals surface area contributed by atoms with Crippen LogP contribution in [0, 0.1) is 0 Å². The first-order valence-electron chi connectivity index (χ1n) is 12.5. The van der Waals surface area contributed by atoms with Crippen LogP contribution in [0.4, 0.5) is 0 Å². The Morgan fingerprint density at radius 2 is 1.62 bits per heavy atom. The third kappa shape index (κ3) is 5.96. The monoisotopic (exact) mass is 512 g/mol. The van der Waals surface area contributed by atoms with Gasteiger partial charge in [-0.3, -0.25) is 0 Å². The number of ether oxygens (including phenoxy) is 1. The van der Waals surface area contributed by atoms with Gasteiger partial charge in [0.05, 0.1) is 18.9 Å². The highest BCUT2D eigenvalue weighted by atomic mass is 35.5. The highest BCUT2D eigenvalue weighted by Gasteiger charge is 2.17. The van der Waals surface area contributed by atoms with Crippen molar-refractivity contribution in [3.05, 3.63) is 107 Å². The molecule has 0 saturated carbocycles. The summed E-state index contributed by atoms with van der Waals surface area (Å²) >= 11 is 6.62. The van der Waals surface area contributed by atoms with Gasteiger partial charge in [-0.1, -0.05) is 104 Å². The Balaban J connectivity index is 1.37. The van der Waals surface area contributed by atoms with Crippen LogP contribution >= 0.6 is 11.6 Å². The average molecular weight is 513 g/mol. The van der Waals surface area contributed by atoms with Crippen molar-refractivity contribution in [1.29, 1.82) is 0 Å². The topological polar surface area (TPSA) is 81.5 Å². The second-order valence-corrected chi connectivity index (χ2v) is 9.28. The van der Waals surface area contributed by atoms with Crippen molar-refractivity contribution in [2.45, 2.75) is 45.9 Å². The summed E-state index contributed by atoms with van der Waals surface area (Å²) in [6.07, 6.45) is 3.04. The second-order valence-electron chi connectivity index (χ2n) is 8.93. The van der Waals surface area contributed by atoms with E-state index >= 15 is 0 Å². The molecule has 0 amide bonds. The lowest BCUT2D eigenvalue weighted by molar-refractivity contribution is 0.102. The highest BCUT2D eigenvalue weighted by molar-refractivity contribution is 6.30. The number of halogens is 1. The van der Waals surface area contributed by atoms with Gasteiger partial charge in [0.1, 0.15) is 5.82 Å². The Hall–Kier alpha value is -3.81. The summed E-state index contributed by atoms with van der Waals surface area (Å²) < 4.78 is 8.26. The van der Waals surface area contributed by atoms with Crippen molar-refractivity contribution in [2.75, 3.05) is 0 Å². The summed E-state index contributed by atoms with van der Waals surface area (Å²) in [4.78, 5) is 4.70. The average Bonchev–Trinajstić information content (AvgIpc) is 3.57. The van der Waals surface area contributed by atoms with Crippen molar-refractivity contribution < 1.29 is 4.74 Å². The van der Waals surface area contributed by atoms with Gasteiger partial charge in [-0.25, -0.2) is 10.1 Å². The number of benzene rings is 3. The number of unbranched alkanes of at least 4 members (excludes halogenated alkanes) is 1. The predicted molar refractivity (Wildman–Crippen MR) is 145 cm³/mol. The van der Waals surface area contributed by atoms with E-state index in [0.29, 0.717) is 30.7 Å². The van der Waals surface area contributed by atoms with Crippen LogP contribution in [0.1, 0.15) is 42.4 Å². The zero-order valence-electron chi connectivity index (χ0n) is 20.8. The summed E-state index contributed by atoms with van der Waals surface area (Å²) in [5.41, 5.74) is 6.33. The summed E-state index contributed by atoms with van der Waals surface area (Å²) in [6, 6.07) is 26.8. The van der Waals surface area contributed by atoms with Crippen LogP contribution in [0.3, 0.4) is 0 Å². The summed E-state index contributed by atoms with van der Waals surface area (Å²) in [7, 11) is 0. The van der Waals surface area contributed by atoms with Crippen LogP contribution in [-0.4, -0.2) is 30.2 Å².